The van der Waals surface area contributed by atoms with Gasteiger partial charge < -0.3 is 5.32 Å². The molecule has 0 spiro atoms. The summed E-state index contributed by atoms with van der Waals surface area (Å²) >= 11 is 0. The Bertz CT molecular complexity index is 635. The summed E-state index contributed by atoms with van der Waals surface area (Å²) in [6.07, 6.45) is 2.45. The van der Waals surface area contributed by atoms with Crippen molar-refractivity contribution in [3.8, 4) is 0 Å². The molecule has 2 rings (SSSR count). The van der Waals surface area contributed by atoms with Crippen molar-refractivity contribution in [3.63, 3.8) is 0 Å². The van der Waals surface area contributed by atoms with E-state index in [2.05, 4.69) is 36.1 Å². The molecule has 6 heteroatoms. The van der Waals surface area contributed by atoms with Crippen LogP contribution < -0.4 is 5.32 Å². The lowest BCUT2D eigenvalue weighted by Gasteiger charge is -2.18. The van der Waals surface area contributed by atoms with Gasteiger partial charge in [-0.05, 0) is 17.9 Å². The van der Waals surface area contributed by atoms with Crippen molar-refractivity contribution in [2.45, 2.75) is 27.2 Å². The Morgan fingerprint density at radius 3 is 2.70 bits per heavy atom. The van der Waals surface area contributed by atoms with Crippen LogP contribution in [0.3, 0.4) is 0 Å². The van der Waals surface area contributed by atoms with Gasteiger partial charge in [-0.1, -0.05) is 20.8 Å². The number of nitrogens with one attached hydrogen (secondary N) is 1. The number of hydrogen-bond donors (Lipinski definition) is 1. The molecule has 0 saturated heterocycles. The zero-order chi connectivity index (χ0) is 14.8. The Balaban J connectivity index is 2.28. The summed E-state index contributed by atoms with van der Waals surface area (Å²) in [5.74, 6) is 0.642. The van der Waals surface area contributed by atoms with Crippen molar-refractivity contribution >= 4 is 22.4 Å². The molecule has 6 nitrogen and oxygen atoms in total. The van der Waals surface area contributed by atoms with Crippen LogP contribution in [0.5, 0.6) is 0 Å². The average molecular weight is 274 g/mol. The zero-order valence-corrected chi connectivity index (χ0v) is 11.9. The van der Waals surface area contributed by atoms with E-state index in [0.717, 1.165) is 13.0 Å². The second-order valence-corrected chi connectivity index (χ2v) is 5.92. The molecule has 20 heavy (non-hydrogen) atoms. The van der Waals surface area contributed by atoms with Crippen molar-refractivity contribution < 1.29 is 4.92 Å². The van der Waals surface area contributed by atoms with E-state index in [4.69, 9.17) is 0 Å². The summed E-state index contributed by atoms with van der Waals surface area (Å²) < 4.78 is 0. The molecular weight excluding hydrogens is 256 g/mol. The molecule has 0 saturated carbocycles. The first kappa shape index (κ1) is 14.2. The molecule has 1 N–H and O–H groups in total. The number of rotatable bonds is 4. The van der Waals surface area contributed by atoms with Gasteiger partial charge in [0.2, 0.25) is 0 Å². The predicted molar refractivity (Wildman–Crippen MR) is 78.8 cm³/mol. The fourth-order valence-corrected chi connectivity index (χ4v) is 1.85. The maximum Gasteiger partial charge on any atom is 0.270 e. The predicted octanol–water partition coefficient (Wildman–Crippen LogP) is 3.39. The van der Waals surface area contributed by atoms with Crippen molar-refractivity contribution in [3.05, 3.63) is 34.6 Å². The van der Waals surface area contributed by atoms with Crippen LogP contribution >= 0.6 is 0 Å². The number of hydrogen-bond acceptors (Lipinski definition) is 5. The SMILES string of the molecule is CC(C)(C)CCNc1ncnc2ccc([N+](=O)[O-])cc12. The third-order valence-electron chi connectivity index (χ3n) is 3.00. The van der Waals surface area contributed by atoms with E-state index in [1.54, 1.807) is 6.07 Å². The third-order valence-corrected chi connectivity index (χ3v) is 3.00. The molecule has 0 aliphatic heterocycles. The molecule has 1 aromatic carbocycles. The van der Waals surface area contributed by atoms with Crippen LogP contribution in [0.1, 0.15) is 27.2 Å². The molecule has 0 bridgehead atoms. The van der Waals surface area contributed by atoms with Gasteiger partial charge in [0.15, 0.2) is 0 Å². The highest BCUT2D eigenvalue weighted by Crippen LogP contribution is 2.25. The van der Waals surface area contributed by atoms with E-state index >= 15 is 0 Å². The van der Waals surface area contributed by atoms with E-state index in [1.165, 1.54) is 18.5 Å². The first-order chi connectivity index (χ1) is 9.37. The minimum atomic E-state index is -0.411. The van der Waals surface area contributed by atoms with E-state index in [0.29, 0.717) is 16.7 Å². The standard InChI is InChI=1S/C14H18N4O2/c1-14(2,3)6-7-15-13-11-8-10(18(19)20)4-5-12(11)16-9-17-13/h4-5,8-9H,6-7H2,1-3H3,(H,15,16,17). The summed E-state index contributed by atoms with van der Waals surface area (Å²) in [5, 5.41) is 14.8. The fourth-order valence-electron chi connectivity index (χ4n) is 1.85. The normalized spacial score (nSPS) is 11.6. The highest BCUT2D eigenvalue weighted by Gasteiger charge is 2.12. The summed E-state index contributed by atoms with van der Waals surface area (Å²) in [4.78, 5) is 18.7. The first-order valence-corrected chi connectivity index (χ1v) is 6.50. The molecule has 1 heterocycles. The lowest BCUT2D eigenvalue weighted by Crippen LogP contribution is -2.13. The first-order valence-electron chi connectivity index (χ1n) is 6.50. The van der Waals surface area contributed by atoms with Gasteiger partial charge >= 0.3 is 0 Å². The van der Waals surface area contributed by atoms with Crippen molar-refractivity contribution in [1.29, 1.82) is 0 Å². The molecule has 0 unspecified atom stereocenters. The number of fused-ring (bicyclic) bond motifs is 1. The highest BCUT2D eigenvalue weighted by molar-refractivity contribution is 5.90. The van der Waals surface area contributed by atoms with Gasteiger partial charge in [0, 0.05) is 24.1 Å². The summed E-state index contributed by atoms with van der Waals surface area (Å²) in [5.41, 5.74) is 0.969. The Hall–Kier alpha value is -2.24. The van der Waals surface area contributed by atoms with E-state index in [-0.39, 0.29) is 11.1 Å². The molecule has 106 valence electrons. The third kappa shape index (κ3) is 3.40. The van der Waals surface area contributed by atoms with E-state index < -0.39 is 4.92 Å². The number of nitrogens with zero attached hydrogens (tertiary/aromatic N) is 3. The maximum absolute atomic E-state index is 10.8. The summed E-state index contributed by atoms with van der Waals surface area (Å²) in [6, 6.07) is 4.60. The van der Waals surface area contributed by atoms with Crippen LogP contribution in [-0.2, 0) is 0 Å². The minimum Gasteiger partial charge on any atom is -0.369 e. The molecule has 2 aromatic rings. The van der Waals surface area contributed by atoms with Crippen LogP contribution in [0, 0.1) is 15.5 Å². The topological polar surface area (TPSA) is 81.0 Å². The maximum atomic E-state index is 10.8. The smallest absolute Gasteiger partial charge is 0.270 e. The van der Waals surface area contributed by atoms with Gasteiger partial charge in [0.25, 0.3) is 5.69 Å². The average Bonchev–Trinajstić information content (AvgIpc) is 2.37. The lowest BCUT2D eigenvalue weighted by molar-refractivity contribution is -0.384. The molecule has 0 aliphatic carbocycles. The molecule has 0 atom stereocenters. The largest absolute Gasteiger partial charge is 0.369 e. The summed E-state index contributed by atoms with van der Waals surface area (Å²) in [7, 11) is 0. The molecule has 0 aliphatic rings. The molecule has 0 fully saturated rings. The molecule has 0 radical (unpaired) electrons. The monoisotopic (exact) mass is 274 g/mol. The number of non-ortho nitro benzene ring substituents is 1. The Morgan fingerprint density at radius 2 is 2.05 bits per heavy atom. The van der Waals surface area contributed by atoms with Crippen LogP contribution in [-0.4, -0.2) is 21.4 Å². The Kier molecular flexibility index (Phi) is 3.83. The molecule has 0 amide bonds. The van der Waals surface area contributed by atoms with E-state index in [9.17, 15) is 10.1 Å². The Labute approximate surface area is 117 Å². The van der Waals surface area contributed by atoms with Gasteiger partial charge in [-0.25, -0.2) is 9.97 Å². The van der Waals surface area contributed by atoms with Gasteiger partial charge in [-0.2, -0.15) is 0 Å². The van der Waals surface area contributed by atoms with Crippen LogP contribution in [0.15, 0.2) is 24.5 Å². The van der Waals surface area contributed by atoms with Crippen LogP contribution in [0.4, 0.5) is 11.5 Å². The van der Waals surface area contributed by atoms with Gasteiger partial charge in [-0.3, -0.25) is 10.1 Å². The minimum absolute atomic E-state index is 0.0474. The second-order valence-electron chi connectivity index (χ2n) is 5.92. The number of aromatic nitrogens is 2. The van der Waals surface area contributed by atoms with Crippen molar-refractivity contribution in [1.82, 2.24) is 9.97 Å². The van der Waals surface area contributed by atoms with Crippen molar-refractivity contribution in [2.75, 3.05) is 11.9 Å². The quantitative estimate of drug-likeness (QED) is 0.682. The van der Waals surface area contributed by atoms with Gasteiger partial charge in [0.05, 0.1) is 10.4 Å². The molecule has 1 aromatic heterocycles. The van der Waals surface area contributed by atoms with Crippen molar-refractivity contribution in [2.24, 2.45) is 5.41 Å². The number of anilines is 1. The molecular formula is C14H18N4O2. The Morgan fingerprint density at radius 1 is 1.30 bits per heavy atom. The van der Waals surface area contributed by atoms with Crippen LogP contribution in [0.25, 0.3) is 10.9 Å². The van der Waals surface area contributed by atoms with Gasteiger partial charge in [-0.15, -0.1) is 0 Å². The lowest BCUT2D eigenvalue weighted by atomic mass is 9.92. The fraction of sp³-hybridized carbons (Fsp3) is 0.429. The number of nitro benzene ring substituents is 1. The second kappa shape index (κ2) is 5.40. The van der Waals surface area contributed by atoms with E-state index in [1.807, 2.05) is 0 Å². The van der Waals surface area contributed by atoms with Crippen LogP contribution in [0.2, 0.25) is 0 Å². The van der Waals surface area contributed by atoms with Gasteiger partial charge in [0.1, 0.15) is 12.1 Å². The zero-order valence-electron chi connectivity index (χ0n) is 11.9. The highest BCUT2D eigenvalue weighted by atomic mass is 16.6. The number of nitro groups is 1. The number of benzene rings is 1. The summed E-state index contributed by atoms with van der Waals surface area (Å²) in [6.45, 7) is 7.26.